The van der Waals surface area contributed by atoms with Crippen molar-refractivity contribution in [2.24, 2.45) is 0 Å². The Hall–Kier alpha value is -3.15. The van der Waals surface area contributed by atoms with Crippen LogP contribution in [0.15, 0.2) is 54.9 Å². The van der Waals surface area contributed by atoms with Crippen LogP contribution in [0.4, 0.5) is 5.69 Å². The molecule has 2 heterocycles. The summed E-state index contributed by atoms with van der Waals surface area (Å²) >= 11 is 0. The number of hydrogen-bond acceptors (Lipinski definition) is 3. The third-order valence-electron chi connectivity index (χ3n) is 3.32. The molecule has 0 saturated carbocycles. The highest BCUT2D eigenvalue weighted by Gasteiger charge is 2.10. The third-order valence-corrected chi connectivity index (χ3v) is 3.32. The highest BCUT2D eigenvalue weighted by molar-refractivity contribution is 6.00. The number of rotatable bonds is 4. The summed E-state index contributed by atoms with van der Waals surface area (Å²) in [7, 11) is 0. The first-order chi connectivity index (χ1) is 11.1. The SMILES string of the molecule is Cc1cn2cccc(NC(=O)CNC(=O)c3ccccc3)c2n1. The van der Waals surface area contributed by atoms with Gasteiger partial charge in [0.25, 0.3) is 5.91 Å². The molecule has 0 saturated heterocycles. The van der Waals surface area contributed by atoms with E-state index in [1.165, 1.54) is 0 Å². The van der Waals surface area contributed by atoms with Gasteiger partial charge in [-0.3, -0.25) is 9.59 Å². The minimum absolute atomic E-state index is 0.103. The molecular weight excluding hydrogens is 292 g/mol. The fourth-order valence-electron chi connectivity index (χ4n) is 2.28. The summed E-state index contributed by atoms with van der Waals surface area (Å²) < 4.78 is 1.84. The number of anilines is 1. The van der Waals surface area contributed by atoms with Gasteiger partial charge in [0.1, 0.15) is 0 Å². The Bertz CT molecular complexity index is 855. The lowest BCUT2D eigenvalue weighted by Crippen LogP contribution is -2.32. The highest BCUT2D eigenvalue weighted by Crippen LogP contribution is 2.15. The summed E-state index contributed by atoms with van der Waals surface area (Å²) in [4.78, 5) is 28.3. The fraction of sp³-hybridized carbons (Fsp3) is 0.118. The van der Waals surface area contributed by atoms with E-state index in [-0.39, 0.29) is 18.4 Å². The first-order valence-electron chi connectivity index (χ1n) is 7.21. The summed E-state index contributed by atoms with van der Waals surface area (Å²) in [5, 5.41) is 5.36. The van der Waals surface area contributed by atoms with E-state index in [0.717, 1.165) is 5.69 Å². The van der Waals surface area contributed by atoms with Gasteiger partial charge in [-0.2, -0.15) is 0 Å². The van der Waals surface area contributed by atoms with Crippen molar-refractivity contribution < 1.29 is 9.59 Å². The van der Waals surface area contributed by atoms with Crippen molar-refractivity contribution in [3.05, 3.63) is 66.1 Å². The van der Waals surface area contributed by atoms with Crippen molar-refractivity contribution in [1.29, 1.82) is 0 Å². The number of aromatic nitrogens is 2. The van der Waals surface area contributed by atoms with Gasteiger partial charge in [-0.05, 0) is 31.2 Å². The number of nitrogens with one attached hydrogen (secondary N) is 2. The van der Waals surface area contributed by atoms with Crippen LogP contribution >= 0.6 is 0 Å². The van der Waals surface area contributed by atoms with Crippen molar-refractivity contribution in [3.63, 3.8) is 0 Å². The van der Waals surface area contributed by atoms with Crippen LogP contribution in [0.2, 0.25) is 0 Å². The van der Waals surface area contributed by atoms with Crippen LogP contribution in [0.1, 0.15) is 16.1 Å². The molecule has 116 valence electrons. The van der Waals surface area contributed by atoms with Crippen LogP contribution in [-0.4, -0.2) is 27.7 Å². The molecule has 6 nitrogen and oxygen atoms in total. The molecule has 0 fully saturated rings. The lowest BCUT2D eigenvalue weighted by atomic mass is 10.2. The van der Waals surface area contributed by atoms with E-state index in [1.807, 2.05) is 35.9 Å². The van der Waals surface area contributed by atoms with Crippen LogP contribution in [-0.2, 0) is 4.79 Å². The number of pyridine rings is 1. The van der Waals surface area contributed by atoms with Crippen molar-refractivity contribution in [2.75, 3.05) is 11.9 Å². The summed E-state index contributed by atoms with van der Waals surface area (Å²) in [5.74, 6) is -0.585. The predicted molar refractivity (Wildman–Crippen MR) is 87.3 cm³/mol. The van der Waals surface area contributed by atoms with Gasteiger partial charge in [0.05, 0.1) is 17.9 Å². The second kappa shape index (κ2) is 6.31. The average Bonchev–Trinajstić information content (AvgIpc) is 2.95. The Morgan fingerprint density at radius 1 is 1.13 bits per heavy atom. The van der Waals surface area contributed by atoms with Gasteiger partial charge in [-0.15, -0.1) is 0 Å². The maximum atomic E-state index is 12.0. The van der Waals surface area contributed by atoms with E-state index in [9.17, 15) is 9.59 Å². The average molecular weight is 308 g/mol. The standard InChI is InChI=1S/C17H16N4O2/c1-12-11-21-9-5-8-14(16(21)19-12)20-15(22)10-18-17(23)13-6-3-2-4-7-13/h2-9,11H,10H2,1H3,(H,18,23)(H,20,22). The Morgan fingerprint density at radius 2 is 1.91 bits per heavy atom. The van der Waals surface area contributed by atoms with Crippen molar-refractivity contribution >= 4 is 23.1 Å². The monoisotopic (exact) mass is 308 g/mol. The second-order valence-electron chi connectivity index (χ2n) is 5.13. The number of carbonyl (C=O) groups is 2. The molecule has 0 atom stereocenters. The van der Waals surface area contributed by atoms with Crippen molar-refractivity contribution in [2.45, 2.75) is 6.92 Å². The summed E-state index contributed by atoms with van der Waals surface area (Å²) in [6, 6.07) is 12.4. The molecule has 2 N–H and O–H groups in total. The summed E-state index contributed by atoms with van der Waals surface area (Å²) in [5.41, 5.74) is 2.67. The number of aryl methyl sites for hydroxylation is 1. The molecular formula is C17H16N4O2. The molecule has 0 spiro atoms. The van der Waals surface area contributed by atoms with Gasteiger partial charge >= 0.3 is 0 Å². The molecule has 3 aromatic rings. The van der Waals surface area contributed by atoms with E-state index in [2.05, 4.69) is 15.6 Å². The number of carbonyl (C=O) groups excluding carboxylic acids is 2. The first kappa shape index (κ1) is 14.8. The van der Waals surface area contributed by atoms with Crippen molar-refractivity contribution in [3.8, 4) is 0 Å². The lowest BCUT2D eigenvalue weighted by molar-refractivity contribution is -0.115. The molecule has 0 aliphatic heterocycles. The summed E-state index contributed by atoms with van der Waals surface area (Å²) in [6.45, 7) is 1.78. The van der Waals surface area contributed by atoms with Gasteiger partial charge in [0.2, 0.25) is 5.91 Å². The molecule has 0 radical (unpaired) electrons. The van der Waals surface area contributed by atoms with Crippen LogP contribution in [0.5, 0.6) is 0 Å². The van der Waals surface area contributed by atoms with E-state index in [0.29, 0.717) is 16.9 Å². The smallest absolute Gasteiger partial charge is 0.251 e. The Kier molecular flexibility index (Phi) is 4.05. The molecule has 0 bridgehead atoms. The zero-order valence-electron chi connectivity index (χ0n) is 12.6. The topological polar surface area (TPSA) is 75.5 Å². The van der Waals surface area contributed by atoms with Crippen LogP contribution in [0.3, 0.4) is 0 Å². The maximum Gasteiger partial charge on any atom is 0.251 e. The molecule has 1 aromatic carbocycles. The van der Waals surface area contributed by atoms with Crippen molar-refractivity contribution in [1.82, 2.24) is 14.7 Å². The minimum Gasteiger partial charge on any atom is -0.343 e. The van der Waals surface area contributed by atoms with Crippen LogP contribution < -0.4 is 10.6 Å². The van der Waals surface area contributed by atoms with Gasteiger partial charge < -0.3 is 15.0 Å². The largest absolute Gasteiger partial charge is 0.343 e. The molecule has 2 aromatic heterocycles. The third kappa shape index (κ3) is 3.37. The van der Waals surface area contributed by atoms with Gasteiger partial charge in [-0.25, -0.2) is 4.98 Å². The lowest BCUT2D eigenvalue weighted by Gasteiger charge is -2.08. The molecule has 0 aliphatic carbocycles. The molecule has 0 unspecified atom stereocenters. The van der Waals surface area contributed by atoms with E-state index < -0.39 is 0 Å². The fourth-order valence-corrected chi connectivity index (χ4v) is 2.28. The van der Waals surface area contributed by atoms with Crippen LogP contribution in [0.25, 0.3) is 5.65 Å². The zero-order valence-corrected chi connectivity index (χ0v) is 12.6. The number of hydrogen-bond donors (Lipinski definition) is 2. The second-order valence-corrected chi connectivity index (χ2v) is 5.13. The normalized spacial score (nSPS) is 10.5. The number of fused-ring (bicyclic) bond motifs is 1. The first-order valence-corrected chi connectivity index (χ1v) is 7.21. The molecule has 23 heavy (non-hydrogen) atoms. The van der Waals surface area contributed by atoms with E-state index in [4.69, 9.17) is 0 Å². The highest BCUT2D eigenvalue weighted by atomic mass is 16.2. The number of benzene rings is 1. The minimum atomic E-state index is -0.303. The Balaban J connectivity index is 1.64. The van der Waals surface area contributed by atoms with Gasteiger partial charge in [0.15, 0.2) is 5.65 Å². The number of amides is 2. The maximum absolute atomic E-state index is 12.0. The predicted octanol–water partition coefficient (Wildman–Crippen LogP) is 2.01. The summed E-state index contributed by atoms with van der Waals surface area (Å²) in [6.07, 6.45) is 3.74. The van der Waals surface area contributed by atoms with Gasteiger partial charge in [-0.1, -0.05) is 18.2 Å². The molecule has 6 heteroatoms. The number of imidazole rings is 1. The quantitative estimate of drug-likeness (QED) is 0.774. The van der Waals surface area contributed by atoms with Gasteiger partial charge in [0, 0.05) is 18.0 Å². The Labute approximate surface area is 133 Å². The molecule has 3 rings (SSSR count). The van der Waals surface area contributed by atoms with Crippen LogP contribution in [0, 0.1) is 6.92 Å². The molecule has 2 amide bonds. The number of nitrogens with zero attached hydrogens (tertiary/aromatic N) is 2. The van der Waals surface area contributed by atoms with E-state index >= 15 is 0 Å². The zero-order chi connectivity index (χ0) is 16.2. The molecule has 0 aliphatic rings. The Morgan fingerprint density at radius 3 is 2.70 bits per heavy atom. The van der Waals surface area contributed by atoms with E-state index in [1.54, 1.807) is 30.3 Å².